The molecule has 0 fully saturated rings. The highest BCUT2D eigenvalue weighted by molar-refractivity contribution is 7.99. The van der Waals surface area contributed by atoms with Gasteiger partial charge in [-0.15, -0.1) is 10.2 Å². The van der Waals surface area contributed by atoms with E-state index in [4.69, 9.17) is 0 Å². The second kappa shape index (κ2) is 6.57. The first-order chi connectivity index (χ1) is 12.5. The SMILES string of the molecule is Cc1ccc(C(=O)CSc2nnc3cc(C)c4cccc(C)c4n23)cc1. The normalized spacial score (nSPS) is 11.3. The average molecular weight is 361 g/mol. The number of thioether (sulfide) groups is 1. The first-order valence-corrected chi connectivity index (χ1v) is 9.50. The lowest BCUT2D eigenvalue weighted by Crippen LogP contribution is -2.03. The summed E-state index contributed by atoms with van der Waals surface area (Å²) in [5.74, 6) is 0.436. The lowest BCUT2D eigenvalue weighted by atomic mass is 10.1. The van der Waals surface area contributed by atoms with Crippen LogP contribution in [0.1, 0.15) is 27.0 Å². The van der Waals surface area contributed by atoms with Crippen molar-refractivity contribution in [2.24, 2.45) is 0 Å². The van der Waals surface area contributed by atoms with Crippen molar-refractivity contribution in [3.63, 3.8) is 0 Å². The second-order valence-corrected chi connectivity index (χ2v) is 7.49. The Morgan fingerprint density at radius 2 is 1.77 bits per heavy atom. The van der Waals surface area contributed by atoms with E-state index in [9.17, 15) is 4.79 Å². The molecule has 2 aromatic carbocycles. The molecule has 4 aromatic rings. The topological polar surface area (TPSA) is 47.3 Å². The van der Waals surface area contributed by atoms with Crippen LogP contribution < -0.4 is 0 Å². The quantitative estimate of drug-likeness (QED) is 0.387. The number of hydrogen-bond acceptors (Lipinski definition) is 4. The van der Waals surface area contributed by atoms with Crippen LogP contribution in [-0.2, 0) is 0 Å². The Balaban J connectivity index is 1.71. The first kappa shape index (κ1) is 16.8. The molecule has 5 heteroatoms. The highest BCUT2D eigenvalue weighted by Crippen LogP contribution is 2.28. The molecule has 0 atom stereocenters. The smallest absolute Gasteiger partial charge is 0.196 e. The van der Waals surface area contributed by atoms with Gasteiger partial charge in [-0.3, -0.25) is 9.20 Å². The maximum absolute atomic E-state index is 12.5. The molecule has 2 heterocycles. The van der Waals surface area contributed by atoms with Gasteiger partial charge in [-0.05, 0) is 38.0 Å². The van der Waals surface area contributed by atoms with E-state index in [2.05, 4.69) is 46.6 Å². The number of carbonyl (C=O) groups excluding carboxylic acids is 1. The maximum atomic E-state index is 12.5. The standard InChI is InChI=1S/C21H19N3OS/c1-13-7-9-16(10-8-13)18(25)12-26-21-23-22-19-11-15(3)17-6-4-5-14(2)20(17)24(19)21/h4-11H,12H2,1-3H3. The van der Waals surface area contributed by atoms with Crippen molar-refractivity contribution < 1.29 is 4.79 Å². The van der Waals surface area contributed by atoms with E-state index < -0.39 is 0 Å². The van der Waals surface area contributed by atoms with E-state index in [1.165, 1.54) is 28.3 Å². The van der Waals surface area contributed by atoms with E-state index in [0.29, 0.717) is 5.75 Å². The van der Waals surface area contributed by atoms with Gasteiger partial charge in [-0.1, -0.05) is 59.8 Å². The summed E-state index contributed by atoms with van der Waals surface area (Å²) >= 11 is 1.43. The summed E-state index contributed by atoms with van der Waals surface area (Å²) in [5.41, 5.74) is 6.15. The van der Waals surface area contributed by atoms with Crippen LogP contribution in [0.2, 0.25) is 0 Å². The molecule has 4 rings (SSSR count). The number of benzene rings is 2. The Kier molecular flexibility index (Phi) is 4.24. The van der Waals surface area contributed by atoms with Crippen molar-refractivity contribution in [2.75, 3.05) is 5.75 Å². The molecule has 0 aliphatic rings. The Morgan fingerprint density at radius 1 is 1.00 bits per heavy atom. The van der Waals surface area contributed by atoms with Crippen molar-refractivity contribution >= 4 is 34.1 Å². The van der Waals surface area contributed by atoms with Crippen molar-refractivity contribution in [1.82, 2.24) is 14.6 Å². The number of fused-ring (bicyclic) bond motifs is 3. The summed E-state index contributed by atoms with van der Waals surface area (Å²) in [7, 11) is 0. The Bertz CT molecular complexity index is 1130. The molecule has 0 radical (unpaired) electrons. The number of nitrogens with zero attached hydrogens (tertiary/aromatic N) is 3. The number of hydrogen-bond donors (Lipinski definition) is 0. The zero-order chi connectivity index (χ0) is 18.3. The molecule has 0 saturated carbocycles. The van der Waals surface area contributed by atoms with E-state index in [0.717, 1.165) is 27.4 Å². The molecule has 130 valence electrons. The van der Waals surface area contributed by atoms with Crippen molar-refractivity contribution in [2.45, 2.75) is 25.9 Å². The van der Waals surface area contributed by atoms with E-state index in [-0.39, 0.29) is 5.78 Å². The van der Waals surface area contributed by atoms with Crippen molar-refractivity contribution in [3.8, 4) is 0 Å². The first-order valence-electron chi connectivity index (χ1n) is 8.51. The van der Waals surface area contributed by atoms with Gasteiger partial charge < -0.3 is 0 Å². The van der Waals surface area contributed by atoms with Gasteiger partial charge in [0.2, 0.25) is 0 Å². The summed E-state index contributed by atoms with van der Waals surface area (Å²) in [6.07, 6.45) is 0. The summed E-state index contributed by atoms with van der Waals surface area (Å²) in [5, 5.41) is 10.6. The monoisotopic (exact) mass is 361 g/mol. The third-order valence-corrected chi connectivity index (χ3v) is 5.53. The Morgan fingerprint density at radius 3 is 2.54 bits per heavy atom. The van der Waals surface area contributed by atoms with Gasteiger partial charge in [0, 0.05) is 10.9 Å². The number of aryl methyl sites for hydroxylation is 3. The molecular formula is C21H19N3OS. The van der Waals surface area contributed by atoms with Crippen LogP contribution in [0.5, 0.6) is 0 Å². The molecule has 0 aliphatic carbocycles. The van der Waals surface area contributed by atoms with Gasteiger partial charge in [0.05, 0.1) is 11.3 Å². The van der Waals surface area contributed by atoms with Gasteiger partial charge in [-0.2, -0.15) is 0 Å². The molecule has 0 unspecified atom stereocenters. The fraction of sp³-hybridized carbons (Fsp3) is 0.190. The minimum absolute atomic E-state index is 0.0971. The number of rotatable bonds is 4. The summed E-state index contributed by atoms with van der Waals surface area (Å²) in [6.45, 7) is 6.19. The molecule has 0 N–H and O–H groups in total. The average Bonchev–Trinajstić information content (AvgIpc) is 3.03. The number of Topliss-reactive ketones (excluding diaryl/α,β-unsaturated/α-hetero) is 1. The molecule has 0 aliphatic heterocycles. The van der Waals surface area contributed by atoms with Gasteiger partial charge in [-0.25, -0.2) is 0 Å². The summed E-state index contributed by atoms with van der Waals surface area (Å²) < 4.78 is 2.06. The zero-order valence-corrected chi connectivity index (χ0v) is 15.8. The minimum atomic E-state index is 0.0971. The van der Waals surface area contributed by atoms with Gasteiger partial charge in [0.15, 0.2) is 16.6 Å². The number of ketones is 1. The van der Waals surface area contributed by atoms with E-state index in [1.54, 1.807) is 0 Å². The van der Waals surface area contributed by atoms with Crippen LogP contribution in [0.3, 0.4) is 0 Å². The fourth-order valence-corrected chi connectivity index (χ4v) is 4.02. The number of carbonyl (C=O) groups is 1. The van der Waals surface area contributed by atoms with Gasteiger partial charge in [0.1, 0.15) is 0 Å². The Hall–Kier alpha value is -2.66. The zero-order valence-electron chi connectivity index (χ0n) is 15.0. The van der Waals surface area contributed by atoms with Crippen LogP contribution >= 0.6 is 11.8 Å². The van der Waals surface area contributed by atoms with Gasteiger partial charge in [0.25, 0.3) is 0 Å². The highest BCUT2D eigenvalue weighted by Gasteiger charge is 2.15. The summed E-state index contributed by atoms with van der Waals surface area (Å²) in [6, 6.07) is 16.0. The van der Waals surface area contributed by atoms with Crippen LogP contribution in [0.15, 0.2) is 53.7 Å². The number of pyridine rings is 1. The van der Waals surface area contributed by atoms with Gasteiger partial charge >= 0.3 is 0 Å². The number of para-hydroxylation sites is 1. The molecule has 4 nitrogen and oxygen atoms in total. The molecule has 0 amide bonds. The van der Waals surface area contributed by atoms with Crippen LogP contribution in [0, 0.1) is 20.8 Å². The van der Waals surface area contributed by atoms with Crippen LogP contribution in [0.4, 0.5) is 0 Å². The Labute approximate surface area is 156 Å². The lowest BCUT2D eigenvalue weighted by Gasteiger charge is -2.09. The minimum Gasteiger partial charge on any atom is -0.293 e. The molecule has 0 spiro atoms. The predicted octanol–water partition coefficient (Wildman–Crippen LogP) is 4.78. The fourth-order valence-electron chi connectivity index (χ4n) is 3.18. The lowest BCUT2D eigenvalue weighted by molar-refractivity contribution is 0.102. The van der Waals surface area contributed by atoms with E-state index in [1.807, 2.05) is 37.3 Å². The third kappa shape index (κ3) is 2.88. The van der Waals surface area contributed by atoms with Crippen molar-refractivity contribution in [3.05, 3.63) is 70.8 Å². The third-order valence-electron chi connectivity index (χ3n) is 4.60. The maximum Gasteiger partial charge on any atom is 0.196 e. The highest BCUT2D eigenvalue weighted by atomic mass is 32.2. The van der Waals surface area contributed by atoms with Crippen LogP contribution in [-0.4, -0.2) is 26.1 Å². The molecule has 26 heavy (non-hydrogen) atoms. The molecule has 0 bridgehead atoms. The van der Waals surface area contributed by atoms with E-state index >= 15 is 0 Å². The predicted molar refractivity (Wildman–Crippen MR) is 106 cm³/mol. The molecular weight excluding hydrogens is 342 g/mol. The summed E-state index contributed by atoms with van der Waals surface area (Å²) in [4.78, 5) is 12.5. The largest absolute Gasteiger partial charge is 0.293 e. The second-order valence-electron chi connectivity index (χ2n) is 6.55. The molecule has 0 saturated heterocycles. The van der Waals surface area contributed by atoms with Crippen molar-refractivity contribution in [1.29, 1.82) is 0 Å². The number of aromatic nitrogens is 3. The molecule has 2 aromatic heterocycles. The van der Waals surface area contributed by atoms with Crippen LogP contribution in [0.25, 0.3) is 16.6 Å².